The van der Waals surface area contributed by atoms with Gasteiger partial charge >= 0.3 is 0 Å². The van der Waals surface area contributed by atoms with Gasteiger partial charge in [0.25, 0.3) is 5.91 Å². The molecule has 1 aromatic rings. The zero-order valence-electron chi connectivity index (χ0n) is 13.0. The van der Waals surface area contributed by atoms with Gasteiger partial charge in [-0.1, -0.05) is 0 Å². The Labute approximate surface area is 138 Å². The molecule has 1 aromatic carbocycles. The summed E-state index contributed by atoms with van der Waals surface area (Å²) in [5.41, 5.74) is 6.61. The molecule has 5 nitrogen and oxygen atoms in total. The summed E-state index contributed by atoms with van der Waals surface area (Å²) in [5, 5.41) is 0. The molecule has 1 amide bonds. The fraction of sp³-hybridized carbons (Fsp3) is 0.562. The van der Waals surface area contributed by atoms with E-state index in [4.69, 9.17) is 15.2 Å². The number of nitrogens with two attached hydrogens (primary N) is 1. The fourth-order valence-corrected chi connectivity index (χ4v) is 2.46. The number of hydrogen-bond donors (Lipinski definition) is 1. The normalized spacial score (nSPS) is 17.7. The molecule has 124 valence electrons. The number of carbonyl (C=O) groups is 1. The van der Waals surface area contributed by atoms with Crippen molar-refractivity contribution in [1.82, 2.24) is 4.90 Å². The summed E-state index contributed by atoms with van der Waals surface area (Å²) < 4.78 is 10.5. The lowest BCUT2D eigenvalue weighted by molar-refractivity contribution is 0.0709. The van der Waals surface area contributed by atoms with Gasteiger partial charge in [-0.05, 0) is 37.1 Å². The summed E-state index contributed by atoms with van der Waals surface area (Å²) in [5.74, 6) is 0.828. The van der Waals surface area contributed by atoms with Gasteiger partial charge in [0.05, 0.1) is 6.61 Å². The molecule has 2 rings (SSSR count). The van der Waals surface area contributed by atoms with Gasteiger partial charge in [0.1, 0.15) is 5.75 Å². The van der Waals surface area contributed by atoms with E-state index in [9.17, 15) is 4.79 Å². The predicted octanol–water partition coefficient (Wildman–Crippen LogP) is 2.09. The molecular formula is C16H25ClN2O3. The number of carbonyl (C=O) groups excluding carboxylic acids is 1. The fourth-order valence-electron chi connectivity index (χ4n) is 2.46. The van der Waals surface area contributed by atoms with Gasteiger partial charge in [0, 0.05) is 44.8 Å². The van der Waals surface area contributed by atoms with Gasteiger partial charge in [-0.15, -0.1) is 12.4 Å². The topological polar surface area (TPSA) is 64.8 Å². The van der Waals surface area contributed by atoms with E-state index in [0.29, 0.717) is 25.3 Å². The molecule has 1 aliphatic heterocycles. The monoisotopic (exact) mass is 328 g/mol. The van der Waals surface area contributed by atoms with Crippen molar-refractivity contribution in [3.05, 3.63) is 29.8 Å². The summed E-state index contributed by atoms with van der Waals surface area (Å²) >= 11 is 0. The second-order valence-corrected chi connectivity index (χ2v) is 5.37. The van der Waals surface area contributed by atoms with Gasteiger partial charge in [-0.3, -0.25) is 4.79 Å². The lowest BCUT2D eigenvalue weighted by Crippen LogP contribution is -2.45. The molecule has 22 heavy (non-hydrogen) atoms. The van der Waals surface area contributed by atoms with E-state index in [2.05, 4.69) is 0 Å². The summed E-state index contributed by atoms with van der Waals surface area (Å²) in [6.45, 7) is 2.74. The second kappa shape index (κ2) is 9.66. The molecule has 1 unspecified atom stereocenters. The second-order valence-electron chi connectivity index (χ2n) is 5.37. The quantitative estimate of drug-likeness (QED) is 0.812. The van der Waals surface area contributed by atoms with Crippen molar-refractivity contribution in [3.8, 4) is 5.75 Å². The molecule has 1 heterocycles. The number of methoxy groups -OCH3 is 1. The van der Waals surface area contributed by atoms with E-state index in [1.165, 1.54) is 0 Å². The standard InChI is InChI=1S/C16H24N2O3.ClH/c1-20-10-3-11-21-15-7-5-13(6-8-15)16(19)18-9-2-4-14(17)12-18;/h5-8,14H,2-4,9-12,17H2,1H3;1H. The van der Waals surface area contributed by atoms with Crippen molar-refractivity contribution in [3.63, 3.8) is 0 Å². The minimum absolute atomic E-state index is 0. The summed E-state index contributed by atoms with van der Waals surface area (Å²) in [7, 11) is 1.67. The first kappa shape index (κ1) is 18.7. The van der Waals surface area contributed by atoms with Gasteiger partial charge in [0.2, 0.25) is 0 Å². The lowest BCUT2D eigenvalue weighted by atomic mass is 10.1. The van der Waals surface area contributed by atoms with Gasteiger partial charge in [-0.25, -0.2) is 0 Å². The van der Waals surface area contributed by atoms with E-state index in [1.807, 2.05) is 29.2 Å². The van der Waals surface area contributed by atoms with Crippen LogP contribution in [0.2, 0.25) is 0 Å². The van der Waals surface area contributed by atoms with Crippen molar-refractivity contribution >= 4 is 18.3 Å². The Morgan fingerprint density at radius 3 is 2.68 bits per heavy atom. The number of halogens is 1. The molecule has 1 atom stereocenters. The van der Waals surface area contributed by atoms with Crippen LogP contribution in [-0.2, 0) is 4.74 Å². The summed E-state index contributed by atoms with van der Waals surface area (Å²) in [6.07, 6.45) is 2.83. The first-order chi connectivity index (χ1) is 10.2. The third kappa shape index (κ3) is 5.48. The molecule has 6 heteroatoms. The zero-order chi connectivity index (χ0) is 15.1. The van der Waals surface area contributed by atoms with Gasteiger partial charge < -0.3 is 20.1 Å². The largest absolute Gasteiger partial charge is 0.494 e. The van der Waals surface area contributed by atoms with Crippen molar-refractivity contribution in [2.45, 2.75) is 25.3 Å². The smallest absolute Gasteiger partial charge is 0.253 e. The van der Waals surface area contributed by atoms with Crippen LogP contribution >= 0.6 is 12.4 Å². The van der Waals surface area contributed by atoms with Crippen LogP contribution < -0.4 is 10.5 Å². The Kier molecular flexibility index (Phi) is 8.24. The van der Waals surface area contributed by atoms with Crippen molar-refractivity contribution in [2.24, 2.45) is 5.73 Å². The highest BCUT2D eigenvalue weighted by Gasteiger charge is 2.22. The van der Waals surface area contributed by atoms with Crippen molar-refractivity contribution < 1.29 is 14.3 Å². The first-order valence-electron chi connectivity index (χ1n) is 7.47. The van der Waals surface area contributed by atoms with Crippen LogP contribution in [0.5, 0.6) is 5.75 Å². The van der Waals surface area contributed by atoms with E-state index in [-0.39, 0.29) is 24.4 Å². The van der Waals surface area contributed by atoms with Crippen LogP contribution in [0.1, 0.15) is 29.6 Å². The number of nitrogens with zero attached hydrogens (tertiary/aromatic N) is 1. The van der Waals surface area contributed by atoms with Crippen LogP contribution in [0.15, 0.2) is 24.3 Å². The van der Waals surface area contributed by atoms with Crippen molar-refractivity contribution in [2.75, 3.05) is 33.4 Å². The van der Waals surface area contributed by atoms with Gasteiger partial charge in [-0.2, -0.15) is 0 Å². The molecule has 2 N–H and O–H groups in total. The van der Waals surface area contributed by atoms with Crippen molar-refractivity contribution in [1.29, 1.82) is 0 Å². The Morgan fingerprint density at radius 2 is 2.05 bits per heavy atom. The van der Waals surface area contributed by atoms with E-state index in [0.717, 1.165) is 31.6 Å². The highest BCUT2D eigenvalue weighted by Crippen LogP contribution is 2.16. The molecular weight excluding hydrogens is 304 g/mol. The molecule has 0 aromatic heterocycles. The minimum atomic E-state index is 0. The SMILES string of the molecule is COCCCOc1ccc(C(=O)N2CCCC(N)C2)cc1.Cl. The average Bonchev–Trinajstić information content (AvgIpc) is 2.51. The molecule has 0 aliphatic carbocycles. The van der Waals surface area contributed by atoms with E-state index >= 15 is 0 Å². The number of amides is 1. The maximum Gasteiger partial charge on any atom is 0.253 e. The Bertz CT molecular complexity index is 453. The number of rotatable bonds is 6. The summed E-state index contributed by atoms with van der Waals surface area (Å²) in [4.78, 5) is 14.2. The summed E-state index contributed by atoms with van der Waals surface area (Å²) in [6, 6.07) is 7.40. The Balaban J connectivity index is 0.00000242. The lowest BCUT2D eigenvalue weighted by Gasteiger charge is -2.30. The molecule has 0 saturated carbocycles. The highest BCUT2D eigenvalue weighted by atomic mass is 35.5. The van der Waals surface area contributed by atoms with Crippen LogP contribution in [0.25, 0.3) is 0 Å². The highest BCUT2D eigenvalue weighted by molar-refractivity contribution is 5.94. The maximum absolute atomic E-state index is 12.4. The van der Waals surface area contributed by atoms with Crippen LogP contribution in [0.4, 0.5) is 0 Å². The predicted molar refractivity (Wildman–Crippen MR) is 88.8 cm³/mol. The number of hydrogen-bond acceptors (Lipinski definition) is 4. The van der Waals surface area contributed by atoms with Crippen LogP contribution in [0.3, 0.4) is 0 Å². The molecule has 0 bridgehead atoms. The zero-order valence-corrected chi connectivity index (χ0v) is 13.8. The number of ether oxygens (including phenoxy) is 2. The molecule has 1 fully saturated rings. The van der Waals surface area contributed by atoms with Gasteiger partial charge in [0.15, 0.2) is 0 Å². The maximum atomic E-state index is 12.4. The number of piperidine rings is 1. The van der Waals surface area contributed by atoms with E-state index in [1.54, 1.807) is 7.11 Å². The Morgan fingerprint density at radius 1 is 1.32 bits per heavy atom. The molecule has 1 aliphatic rings. The molecule has 1 saturated heterocycles. The van der Waals surface area contributed by atoms with E-state index < -0.39 is 0 Å². The Hall–Kier alpha value is -1.30. The van der Waals surface area contributed by atoms with Crippen LogP contribution in [-0.4, -0.2) is 50.3 Å². The number of likely N-dealkylation sites (tertiary alicyclic amines) is 1. The van der Waals surface area contributed by atoms with Crippen LogP contribution in [0, 0.1) is 0 Å². The molecule has 0 radical (unpaired) electrons. The third-order valence-corrected chi connectivity index (χ3v) is 3.61. The minimum Gasteiger partial charge on any atom is -0.494 e. The first-order valence-corrected chi connectivity index (χ1v) is 7.47. The molecule has 0 spiro atoms. The average molecular weight is 329 g/mol. The third-order valence-electron chi connectivity index (χ3n) is 3.61. The number of benzene rings is 1.